The van der Waals surface area contributed by atoms with Crippen LogP contribution in [-0.4, -0.2) is 15.9 Å². The fourth-order valence-corrected chi connectivity index (χ4v) is 4.31. The number of hydrogen-bond donors (Lipinski definition) is 2. The summed E-state index contributed by atoms with van der Waals surface area (Å²) >= 11 is 1.35. The summed E-state index contributed by atoms with van der Waals surface area (Å²) in [7, 11) is 0. The van der Waals surface area contributed by atoms with E-state index >= 15 is 0 Å². The van der Waals surface area contributed by atoms with Gasteiger partial charge >= 0.3 is 0 Å². The number of rotatable bonds is 2. The second-order valence-corrected chi connectivity index (χ2v) is 7.76. The minimum absolute atomic E-state index is 0.228. The van der Waals surface area contributed by atoms with Crippen molar-refractivity contribution < 1.29 is 4.79 Å². The number of carbonyl (C=O) groups is 1. The molecule has 0 spiro atoms. The Morgan fingerprint density at radius 3 is 3.08 bits per heavy atom. The van der Waals surface area contributed by atoms with E-state index in [1.165, 1.54) is 23.3 Å². The number of pyridine rings is 2. The Morgan fingerprint density at radius 1 is 1.44 bits per heavy atom. The van der Waals surface area contributed by atoms with Gasteiger partial charge in [-0.1, -0.05) is 13.0 Å². The number of aryl methyl sites for hydroxylation is 2. The summed E-state index contributed by atoms with van der Waals surface area (Å²) in [6.07, 6.45) is 4.85. The van der Waals surface area contributed by atoms with Crippen LogP contribution in [0.15, 0.2) is 24.4 Å². The van der Waals surface area contributed by atoms with Crippen LogP contribution in [0.5, 0.6) is 0 Å². The first-order valence-electron chi connectivity index (χ1n) is 8.46. The van der Waals surface area contributed by atoms with Crippen molar-refractivity contribution in [1.29, 1.82) is 0 Å². The first-order chi connectivity index (χ1) is 12.0. The van der Waals surface area contributed by atoms with Crippen molar-refractivity contribution in [3.05, 3.63) is 46.1 Å². The number of aromatic nitrogens is 2. The maximum atomic E-state index is 12.7. The number of hydrogen-bond acceptors (Lipinski definition) is 5. The predicted molar refractivity (Wildman–Crippen MR) is 102 cm³/mol. The maximum Gasteiger partial charge on any atom is 0.269 e. The zero-order valence-electron chi connectivity index (χ0n) is 14.3. The van der Waals surface area contributed by atoms with Gasteiger partial charge in [0, 0.05) is 17.3 Å². The van der Waals surface area contributed by atoms with E-state index in [9.17, 15) is 4.79 Å². The molecule has 3 aromatic rings. The zero-order valence-corrected chi connectivity index (χ0v) is 15.1. The summed E-state index contributed by atoms with van der Waals surface area (Å²) in [5.41, 5.74) is 10.1. The second-order valence-electron chi connectivity index (χ2n) is 6.76. The fourth-order valence-electron chi connectivity index (χ4n) is 3.32. The molecule has 4 rings (SSSR count). The monoisotopic (exact) mass is 352 g/mol. The van der Waals surface area contributed by atoms with E-state index < -0.39 is 0 Å². The smallest absolute Gasteiger partial charge is 0.269 e. The van der Waals surface area contributed by atoms with E-state index in [-0.39, 0.29) is 5.91 Å². The number of carbonyl (C=O) groups excluding carboxylic acids is 1. The summed E-state index contributed by atoms with van der Waals surface area (Å²) in [6.45, 7) is 4.17. The Bertz CT molecular complexity index is 979. The van der Waals surface area contributed by atoms with Crippen LogP contribution in [-0.2, 0) is 12.8 Å². The molecule has 1 atom stereocenters. The second kappa shape index (κ2) is 6.11. The quantitative estimate of drug-likeness (QED) is 0.731. The topological polar surface area (TPSA) is 80.9 Å². The van der Waals surface area contributed by atoms with Gasteiger partial charge in [0.05, 0.1) is 5.69 Å². The number of nitrogens with zero attached hydrogens (tertiary/aromatic N) is 2. The van der Waals surface area contributed by atoms with Gasteiger partial charge in [-0.2, -0.15) is 0 Å². The summed E-state index contributed by atoms with van der Waals surface area (Å²) < 4.78 is 0. The van der Waals surface area contributed by atoms with Gasteiger partial charge in [0.1, 0.15) is 15.5 Å². The zero-order chi connectivity index (χ0) is 17.6. The lowest BCUT2D eigenvalue weighted by molar-refractivity contribution is 0.103. The number of nitrogens with one attached hydrogen (secondary N) is 1. The van der Waals surface area contributed by atoms with Crippen molar-refractivity contribution in [3.8, 4) is 0 Å². The van der Waals surface area contributed by atoms with Crippen molar-refractivity contribution in [2.75, 3.05) is 11.1 Å². The van der Waals surface area contributed by atoms with E-state index in [1.807, 2.05) is 19.1 Å². The molecule has 128 valence electrons. The van der Waals surface area contributed by atoms with Gasteiger partial charge in [-0.15, -0.1) is 11.3 Å². The van der Waals surface area contributed by atoms with Crippen LogP contribution in [0.3, 0.4) is 0 Å². The lowest BCUT2D eigenvalue weighted by Crippen LogP contribution is -2.14. The van der Waals surface area contributed by atoms with E-state index in [1.54, 1.807) is 6.20 Å². The third-order valence-corrected chi connectivity index (χ3v) is 5.89. The molecule has 3 aromatic heterocycles. The van der Waals surface area contributed by atoms with Crippen LogP contribution < -0.4 is 11.1 Å². The summed E-state index contributed by atoms with van der Waals surface area (Å²) in [5.74, 6) is 1.00. The minimum atomic E-state index is -0.228. The predicted octanol–water partition coefficient (Wildman–Crippen LogP) is 3.96. The number of anilines is 2. The van der Waals surface area contributed by atoms with E-state index in [2.05, 4.69) is 23.3 Å². The Balaban J connectivity index is 1.72. The minimum Gasteiger partial charge on any atom is -0.397 e. The van der Waals surface area contributed by atoms with Crippen molar-refractivity contribution in [1.82, 2.24) is 9.97 Å². The molecule has 1 amide bonds. The molecule has 0 fully saturated rings. The summed E-state index contributed by atoms with van der Waals surface area (Å²) in [4.78, 5) is 23.0. The van der Waals surface area contributed by atoms with Crippen molar-refractivity contribution in [2.24, 2.45) is 5.92 Å². The Kier molecular flexibility index (Phi) is 3.92. The SMILES string of the molecule is Cc1cccnc1NC(=O)c1sc2nc3c(cc2c1N)CC(C)CC3. The number of fused-ring (bicyclic) bond motifs is 2. The molecule has 25 heavy (non-hydrogen) atoms. The van der Waals surface area contributed by atoms with Crippen LogP contribution in [0, 0.1) is 12.8 Å². The number of amides is 1. The average molecular weight is 352 g/mol. The van der Waals surface area contributed by atoms with Crippen LogP contribution in [0.25, 0.3) is 10.2 Å². The average Bonchev–Trinajstić information content (AvgIpc) is 2.91. The van der Waals surface area contributed by atoms with Gasteiger partial charge in [0.2, 0.25) is 0 Å². The molecule has 0 saturated heterocycles. The van der Waals surface area contributed by atoms with Gasteiger partial charge < -0.3 is 11.1 Å². The van der Waals surface area contributed by atoms with Gasteiger partial charge in [-0.25, -0.2) is 9.97 Å². The Labute approximate surface area is 150 Å². The standard InChI is InChI=1S/C19H20N4OS/c1-10-5-6-14-12(8-10)9-13-15(20)16(25-19(13)22-14)18(24)23-17-11(2)4-3-7-21-17/h3-4,7,9-10H,5-6,8,20H2,1-2H3,(H,21,23,24). The van der Waals surface area contributed by atoms with E-state index in [4.69, 9.17) is 10.7 Å². The lowest BCUT2D eigenvalue weighted by Gasteiger charge is -2.20. The molecule has 1 aliphatic rings. The van der Waals surface area contributed by atoms with Crippen molar-refractivity contribution >= 4 is 39.0 Å². The van der Waals surface area contributed by atoms with Gasteiger partial charge in [-0.3, -0.25) is 4.79 Å². The highest BCUT2D eigenvalue weighted by Crippen LogP contribution is 2.36. The van der Waals surface area contributed by atoms with Crippen LogP contribution in [0.2, 0.25) is 0 Å². The third-order valence-electron chi connectivity index (χ3n) is 4.78. The molecule has 3 heterocycles. The van der Waals surface area contributed by atoms with Crippen LogP contribution in [0.4, 0.5) is 11.5 Å². The molecule has 5 nitrogen and oxygen atoms in total. The molecular weight excluding hydrogens is 332 g/mol. The lowest BCUT2D eigenvalue weighted by atomic mass is 9.87. The Hall–Kier alpha value is -2.47. The summed E-state index contributed by atoms with van der Waals surface area (Å²) in [5, 5.41) is 3.75. The highest BCUT2D eigenvalue weighted by atomic mass is 32.1. The first kappa shape index (κ1) is 16.0. The molecular formula is C19H20N4OS. The first-order valence-corrected chi connectivity index (χ1v) is 9.28. The van der Waals surface area contributed by atoms with Crippen LogP contribution >= 0.6 is 11.3 Å². The Morgan fingerprint density at radius 2 is 2.28 bits per heavy atom. The van der Waals surface area contributed by atoms with E-state index in [0.29, 0.717) is 22.3 Å². The normalized spacial score (nSPS) is 16.6. The molecule has 0 radical (unpaired) electrons. The van der Waals surface area contributed by atoms with Gasteiger partial charge in [0.15, 0.2) is 0 Å². The molecule has 0 aromatic carbocycles. The summed E-state index contributed by atoms with van der Waals surface area (Å²) in [6, 6.07) is 5.88. The number of nitrogens with two attached hydrogens (primary N) is 1. The highest BCUT2D eigenvalue weighted by Gasteiger charge is 2.22. The molecule has 1 unspecified atom stereocenters. The maximum absolute atomic E-state index is 12.7. The largest absolute Gasteiger partial charge is 0.397 e. The molecule has 6 heteroatoms. The molecule has 0 bridgehead atoms. The van der Waals surface area contributed by atoms with Crippen molar-refractivity contribution in [3.63, 3.8) is 0 Å². The molecule has 0 aliphatic heterocycles. The molecule has 3 N–H and O–H groups in total. The highest BCUT2D eigenvalue weighted by molar-refractivity contribution is 7.21. The fraction of sp³-hybridized carbons (Fsp3) is 0.316. The number of thiophene rings is 1. The molecule has 0 saturated carbocycles. The molecule has 1 aliphatic carbocycles. The van der Waals surface area contributed by atoms with Gasteiger partial charge in [-0.05, 0) is 55.4 Å². The third kappa shape index (κ3) is 2.87. The van der Waals surface area contributed by atoms with Gasteiger partial charge in [0.25, 0.3) is 5.91 Å². The van der Waals surface area contributed by atoms with Crippen LogP contribution in [0.1, 0.15) is 39.8 Å². The van der Waals surface area contributed by atoms with Crippen molar-refractivity contribution in [2.45, 2.75) is 33.1 Å². The number of nitrogen functional groups attached to an aromatic ring is 1. The van der Waals surface area contributed by atoms with E-state index in [0.717, 1.165) is 34.3 Å².